The summed E-state index contributed by atoms with van der Waals surface area (Å²) in [5.41, 5.74) is 1.90. The lowest BCUT2D eigenvalue weighted by atomic mass is 10.2. The number of nitrogens with two attached hydrogens (primary N) is 1. The molecule has 0 spiro atoms. The molecule has 0 aliphatic heterocycles. The summed E-state index contributed by atoms with van der Waals surface area (Å²) >= 11 is 0. The van der Waals surface area contributed by atoms with E-state index in [4.69, 9.17) is 5.84 Å². The lowest BCUT2D eigenvalue weighted by molar-refractivity contribution is -0.143. The fourth-order valence-electron chi connectivity index (χ4n) is 0.786. The molecule has 0 heterocycles. The molecule has 0 rings (SSSR count). The summed E-state index contributed by atoms with van der Waals surface area (Å²) in [6.07, 6.45) is 0.140. The molecule has 1 unspecified atom stereocenters. The maximum Gasteiger partial charge on any atom is 0.329 e. The fraction of sp³-hybridized carbons (Fsp3) is 0.714. The molecule has 0 aromatic heterocycles. The van der Waals surface area contributed by atoms with Gasteiger partial charge < -0.3 is 10.1 Å². The van der Waals surface area contributed by atoms with Crippen LogP contribution in [0.4, 0.5) is 4.79 Å². The fourth-order valence-corrected chi connectivity index (χ4v) is 0.786. The third kappa shape index (κ3) is 5.92. The molecular weight excluding hydrogens is 174 g/mol. The first-order valence-electron chi connectivity index (χ1n) is 4.02. The van der Waals surface area contributed by atoms with Gasteiger partial charge in [0.15, 0.2) is 0 Å². The lowest BCUT2D eigenvalue weighted by Gasteiger charge is -2.11. The quantitative estimate of drug-likeness (QED) is 0.240. The highest BCUT2D eigenvalue weighted by molar-refractivity contribution is 5.75. The van der Waals surface area contributed by atoms with Crippen molar-refractivity contribution in [1.82, 2.24) is 10.7 Å². The second kappa shape index (κ2) is 6.24. The highest BCUT2D eigenvalue weighted by Crippen LogP contribution is 1.93. The minimum absolute atomic E-state index is 0.140. The van der Waals surface area contributed by atoms with Crippen LogP contribution >= 0.6 is 0 Å². The predicted molar refractivity (Wildman–Crippen MR) is 46.6 cm³/mol. The molecule has 4 N–H and O–H groups in total. The van der Waals surface area contributed by atoms with Gasteiger partial charge in [0.05, 0.1) is 13.0 Å². The number of urea groups is 1. The molecule has 1 atom stereocenters. The Kier molecular flexibility index (Phi) is 5.62. The standard InChI is InChI=1S/C7H15N3O3/c1-3-13-6(11)4-5(2)9-7(12)10-8/h5H,3-4,8H2,1-2H3,(H2,9,10,12). The van der Waals surface area contributed by atoms with Crippen LogP contribution in [-0.2, 0) is 9.53 Å². The Balaban J connectivity index is 3.67. The number of esters is 1. The van der Waals surface area contributed by atoms with Crippen molar-refractivity contribution in [3.05, 3.63) is 0 Å². The van der Waals surface area contributed by atoms with E-state index in [1.165, 1.54) is 0 Å². The molecule has 0 bridgehead atoms. The first kappa shape index (κ1) is 11.7. The zero-order valence-corrected chi connectivity index (χ0v) is 7.79. The van der Waals surface area contributed by atoms with Crippen molar-refractivity contribution in [2.45, 2.75) is 26.3 Å². The number of hydrazine groups is 1. The zero-order valence-electron chi connectivity index (χ0n) is 7.79. The topological polar surface area (TPSA) is 93.4 Å². The Morgan fingerprint density at radius 2 is 2.15 bits per heavy atom. The van der Waals surface area contributed by atoms with Gasteiger partial charge in [-0.2, -0.15) is 0 Å². The summed E-state index contributed by atoms with van der Waals surface area (Å²) < 4.78 is 4.69. The first-order chi connectivity index (χ1) is 6.10. The molecule has 76 valence electrons. The van der Waals surface area contributed by atoms with Crippen LogP contribution in [0.25, 0.3) is 0 Å². The number of hydrogen-bond donors (Lipinski definition) is 3. The summed E-state index contributed by atoms with van der Waals surface area (Å²) in [6.45, 7) is 3.75. The van der Waals surface area contributed by atoms with Crippen LogP contribution < -0.4 is 16.6 Å². The monoisotopic (exact) mass is 189 g/mol. The van der Waals surface area contributed by atoms with Gasteiger partial charge >= 0.3 is 12.0 Å². The van der Waals surface area contributed by atoms with Gasteiger partial charge in [-0.05, 0) is 13.8 Å². The Morgan fingerprint density at radius 1 is 1.54 bits per heavy atom. The average Bonchev–Trinajstić information content (AvgIpc) is 2.04. The number of hydrogen-bond acceptors (Lipinski definition) is 4. The second-order valence-electron chi connectivity index (χ2n) is 2.53. The summed E-state index contributed by atoms with van der Waals surface area (Å²) in [5, 5.41) is 2.44. The average molecular weight is 189 g/mol. The van der Waals surface area contributed by atoms with E-state index >= 15 is 0 Å². The lowest BCUT2D eigenvalue weighted by Crippen LogP contribution is -2.44. The third-order valence-electron chi connectivity index (χ3n) is 1.29. The van der Waals surface area contributed by atoms with Crippen molar-refractivity contribution < 1.29 is 14.3 Å². The second-order valence-corrected chi connectivity index (χ2v) is 2.53. The van der Waals surface area contributed by atoms with E-state index in [-0.39, 0.29) is 18.4 Å². The molecule has 0 aliphatic carbocycles. The maximum atomic E-state index is 10.9. The van der Waals surface area contributed by atoms with E-state index in [1.807, 2.05) is 5.43 Å². The van der Waals surface area contributed by atoms with Gasteiger partial charge in [-0.1, -0.05) is 0 Å². The van der Waals surface area contributed by atoms with Crippen molar-refractivity contribution >= 4 is 12.0 Å². The van der Waals surface area contributed by atoms with Gasteiger partial charge in [-0.25, -0.2) is 10.6 Å². The SMILES string of the molecule is CCOC(=O)CC(C)NC(=O)NN. The van der Waals surface area contributed by atoms with Gasteiger partial charge in [-0.3, -0.25) is 10.2 Å². The van der Waals surface area contributed by atoms with Crippen LogP contribution in [0.15, 0.2) is 0 Å². The number of carbonyl (C=O) groups excluding carboxylic acids is 2. The Morgan fingerprint density at radius 3 is 2.62 bits per heavy atom. The largest absolute Gasteiger partial charge is 0.466 e. The molecule has 0 aliphatic rings. The van der Waals surface area contributed by atoms with Gasteiger partial charge in [0.2, 0.25) is 0 Å². The van der Waals surface area contributed by atoms with Crippen LogP contribution in [0.1, 0.15) is 20.3 Å². The Hall–Kier alpha value is -1.30. The minimum Gasteiger partial charge on any atom is -0.466 e. The number of carbonyl (C=O) groups is 2. The molecule has 6 heteroatoms. The van der Waals surface area contributed by atoms with Crippen LogP contribution in [0, 0.1) is 0 Å². The Labute approximate surface area is 76.8 Å². The number of amides is 2. The smallest absolute Gasteiger partial charge is 0.329 e. The molecule has 2 amide bonds. The minimum atomic E-state index is -0.517. The van der Waals surface area contributed by atoms with E-state index in [2.05, 4.69) is 10.1 Å². The van der Waals surface area contributed by atoms with E-state index in [0.29, 0.717) is 6.61 Å². The summed E-state index contributed by atoms with van der Waals surface area (Å²) in [7, 11) is 0. The molecule has 0 fully saturated rings. The highest BCUT2D eigenvalue weighted by Gasteiger charge is 2.11. The van der Waals surface area contributed by atoms with Crippen LogP contribution in [-0.4, -0.2) is 24.6 Å². The molecular formula is C7H15N3O3. The van der Waals surface area contributed by atoms with E-state index in [1.54, 1.807) is 13.8 Å². The van der Waals surface area contributed by atoms with E-state index in [0.717, 1.165) is 0 Å². The summed E-state index contributed by atoms with van der Waals surface area (Å²) in [5.74, 6) is 4.49. The normalized spacial score (nSPS) is 11.6. The Bertz CT molecular complexity index is 184. The van der Waals surface area contributed by atoms with Gasteiger partial charge in [0, 0.05) is 6.04 Å². The van der Waals surface area contributed by atoms with Gasteiger partial charge in [0.25, 0.3) is 0 Å². The number of nitrogens with one attached hydrogen (secondary N) is 2. The van der Waals surface area contributed by atoms with Crippen LogP contribution in [0.5, 0.6) is 0 Å². The van der Waals surface area contributed by atoms with E-state index in [9.17, 15) is 9.59 Å². The van der Waals surface area contributed by atoms with Crippen molar-refractivity contribution in [1.29, 1.82) is 0 Å². The molecule has 0 saturated carbocycles. The number of rotatable bonds is 4. The molecule has 13 heavy (non-hydrogen) atoms. The predicted octanol–water partition coefficient (Wildman–Crippen LogP) is -0.499. The first-order valence-corrected chi connectivity index (χ1v) is 4.02. The zero-order chi connectivity index (χ0) is 10.3. The maximum absolute atomic E-state index is 10.9. The van der Waals surface area contributed by atoms with Crippen LogP contribution in [0.2, 0.25) is 0 Å². The van der Waals surface area contributed by atoms with Crippen molar-refractivity contribution in [2.75, 3.05) is 6.61 Å². The van der Waals surface area contributed by atoms with Crippen molar-refractivity contribution in [3.8, 4) is 0 Å². The highest BCUT2D eigenvalue weighted by atomic mass is 16.5. The molecule has 0 aromatic carbocycles. The van der Waals surface area contributed by atoms with Gasteiger partial charge in [0.1, 0.15) is 0 Å². The van der Waals surface area contributed by atoms with E-state index < -0.39 is 6.03 Å². The summed E-state index contributed by atoms with van der Waals surface area (Å²) in [4.78, 5) is 21.6. The summed E-state index contributed by atoms with van der Waals surface area (Å²) in [6, 6.07) is -0.806. The molecule has 0 radical (unpaired) electrons. The molecule has 0 saturated heterocycles. The van der Waals surface area contributed by atoms with Crippen molar-refractivity contribution in [3.63, 3.8) is 0 Å². The third-order valence-corrected chi connectivity index (χ3v) is 1.29. The number of ether oxygens (including phenoxy) is 1. The molecule has 0 aromatic rings. The van der Waals surface area contributed by atoms with Gasteiger partial charge in [-0.15, -0.1) is 0 Å². The van der Waals surface area contributed by atoms with Crippen LogP contribution in [0.3, 0.4) is 0 Å². The molecule has 6 nitrogen and oxygen atoms in total. The van der Waals surface area contributed by atoms with Crippen molar-refractivity contribution in [2.24, 2.45) is 5.84 Å².